The maximum atomic E-state index is 8.91. The summed E-state index contributed by atoms with van der Waals surface area (Å²) in [5.41, 5.74) is 10.8. The van der Waals surface area contributed by atoms with Gasteiger partial charge in [-0.2, -0.15) is 5.26 Å². The molecule has 3 nitrogen and oxygen atoms in total. The molecule has 2 rings (SSSR count). The summed E-state index contributed by atoms with van der Waals surface area (Å²) in [5.74, 6) is 0. The van der Waals surface area contributed by atoms with Crippen molar-refractivity contribution in [3.05, 3.63) is 59.2 Å². The number of hydrogen-bond donors (Lipinski definition) is 1. The molecule has 0 unspecified atom stereocenters. The highest BCUT2D eigenvalue weighted by atomic mass is 15.1. The second-order valence-electron chi connectivity index (χ2n) is 4.73. The van der Waals surface area contributed by atoms with Crippen molar-refractivity contribution in [3.63, 3.8) is 0 Å². The van der Waals surface area contributed by atoms with E-state index in [4.69, 9.17) is 11.0 Å². The van der Waals surface area contributed by atoms with E-state index in [0.29, 0.717) is 5.56 Å². The third kappa shape index (κ3) is 3.05. The molecule has 0 bridgehead atoms. The fourth-order valence-electron chi connectivity index (χ4n) is 2.08. The van der Waals surface area contributed by atoms with E-state index in [1.165, 1.54) is 5.56 Å². The van der Waals surface area contributed by atoms with E-state index in [9.17, 15) is 0 Å². The third-order valence-corrected chi connectivity index (χ3v) is 3.07. The number of aryl methyl sites for hydroxylation is 1. The lowest BCUT2D eigenvalue weighted by atomic mass is 10.1. The van der Waals surface area contributed by atoms with Gasteiger partial charge in [0.2, 0.25) is 0 Å². The number of nitrogen functional groups attached to an aromatic ring is 1. The second-order valence-corrected chi connectivity index (χ2v) is 4.73. The largest absolute Gasteiger partial charge is 0.397 e. The van der Waals surface area contributed by atoms with Crippen LogP contribution in [0.3, 0.4) is 0 Å². The molecule has 2 N–H and O–H groups in total. The van der Waals surface area contributed by atoms with Crippen LogP contribution in [0.5, 0.6) is 0 Å². The number of hydrogen-bond acceptors (Lipinski definition) is 3. The van der Waals surface area contributed by atoms with Crippen LogP contribution >= 0.6 is 0 Å². The standard InChI is InChI=1S/C16H17N3/c1-12-6-7-15(18)16(8-12)19(2)11-14-5-3-4-13(9-14)10-17/h3-9H,11,18H2,1-2H3. The van der Waals surface area contributed by atoms with Crippen molar-refractivity contribution in [3.8, 4) is 6.07 Å². The van der Waals surface area contributed by atoms with E-state index in [1.807, 2.05) is 50.4 Å². The van der Waals surface area contributed by atoms with Gasteiger partial charge in [-0.25, -0.2) is 0 Å². The topological polar surface area (TPSA) is 53.0 Å². The van der Waals surface area contributed by atoms with E-state index in [2.05, 4.69) is 17.0 Å². The molecule has 0 atom stereocenters. The molecule has 0 radical (unpaired) electrons. The van der Waals surface area contributed by atoms with Gasteiger partial charge in [0.05, 0.1) is 23.0 Å². The van der Waals surface area contributed by atoms with Gasteiger partial charge in [0.1, 0.15) is 0 Å². The molecular weight excluding hydrogens is 234 g/mol. The summed E-state index contributed by atoms with van der Waals surface area (Å²) in [7, 11) is 2.00. The van der Waals surface area contributed by atoms with Crippen LogP contribution < -0.4 is 10.6 Å². The van der Waals surface area contributed by atoms with E-state index in [0.717, 1.165) is 23.5 Å². The lowest BCUT2D eigenvalue weighted by Gasteiger charge is -2.21. The Morgan fingerprint density at radius 2 is 2.00 bits per heavy atom. The number of rotatable bonds is 3. The van der Waals surface area contributed by atoms with Crippen LogP contribution in [-0.2, 0) is 6.54 Å². The molecule has 0 spiro atoms. The number of nitriles is 1. The second kappa shape index (κ2) is 5.45. The molecule has 0 aromatic heterocycles. The van der Waals surface area contributed by atoms with Crippen molar-refractivity contribution in [2.45, 2.75) is 13.5 Å². The van der Waals surface area contributed by atoms with Gasteiger partial charge in [-0.3, -0.25) is 0 Å². The fraction of sp³-hybridized carbons (Fsp3) is 0.188. The van der Waals surface area contributed by atoms with Crippen LogP contribution in [0.2, 0.25) is 0 Å². The fourth-order valence-corrected chi connectivity index (χ4v) is 2.08. The molecule has 2 aromatic rings. The zero-order chi connectivity index (χ0) is 13.8. The van der Waals surface area contributed by atoms with Gasteiger partial charge < -0.3 is 10.6 Å². The third-order valence-electron chi connectivity index (χ3n) is 3.07. The Balaban J connectivity index is 2.23. The molecule has 0 aliphatic rings. The van der Waals surface area contributed by atoms with Crippen LogP contribution in [0.1, 0.15) is 16.7 Å². The Labute approximate surface area is 113 Å². The molecule has 0 aliphatic heterocycles. The molecule has 0 saturated carbocycles. The normalized spacial score (nSPS) is 9.95. The SMILES string of the molecule is Cc1ccc(N)c(N(C)Cc2cccc(C#N)c2)c1. The predicted molar refractivity (Wildman–Crippen MR) is 78.9 cm³/mol. The zero-order valence-electron chi connectivity index (χ0n) is 11.2. The van der Waals surface area contributed by atoms with Crippen molar-refractivity contribution < 1.29 is 0 Å². The summed E-state index contributed by atoms with van der Waals surface area (Å²) in [6.07, 6.45) is 0. The van der Waals surface area contributed by atoms with Crippen molar-refractivity contribution in [2.24, 2.45) is 0 Å². The minimum Gasteiger partial charge on any atom is -0.397 e. The van der Waals surface area contributed by atoms with Gasteiger partial charge in [0.15, 0.2) is 0 Å². The number of anilines is 2. The average molecular weight is 251 g/mol. The van der Waals surface area contributed by atoms with Crippen LogP contribution in [0.15, 0.2) is 42.5 Å². The Morgan fingerprint density at radius 3 is 2.74 bits per heavy atom. The monoisotopic (exact) mass is 251 g/mol. The highest BCUT2D eigenvalue weighted by Crippen LogP contribution is 2.24. The maximum absolute atomic E-state index is 8.91. The number of nitrogens with two attached hydrogens (primary N) is 1. The Morgan fingerprint density at radius 1 is 1.21 bits per heavy atom. The quantitative estimate of drug-likeness (QED) is 0.853. The van der Waals surface area contributed by atoms with Crippen molar-refractivity contribution in [1.29, 1.82) is 5.26 Å². The zero-order valence-corrected chi connectivity index (χ0v) is 11.2. The molecule has 0 amide bonds. The molecular formula is C16H17N3. The minimum atomic E-state index is 0.683. The molecule has 0 heterocycles. The molecule has 0 fully saturated rings. The van der Waals surface area contributed by atoms with Crippen LogP contribution in [0.25, 0.3) is 0 Å². The minimum absolute atomic E-state index is 0.683. The molecule has 96 valence electrons. The van der Waals surface area contributed by atoms with Crippen LogP contribution in [-0.4, -0.2) is 7.05 Å². The van der Waals surface area contributed by atoms with E-state index >= 15 is 0 Å². The van der Waals surface area contributed by atoms with Crippen molar-refractivity contribution in [2.75, 3.05) is 17.7 Å². The summed E-state index contributed by atoms with van der Waals surface area (Å²) >= 11 is 0. The number of benzene rings is 2. The summed E-state index contributed by atoms with van der Waals surface area (Å²) in [6, 6.07) is 15.8. The molecule has 0 aliphatic carbocycles. The van der Waals surface area contributed by atoms with E-state index in [1.54, 1.807) is 0 Å². The highest BCUT2D eigenvalue weighted by Gasteiger charge is 2.06. The van der Waals surface area contributed by atoms with Crippen LogP contribution in [0, 0.1) is 18.3 Å². The average Bonchev–Trinajstić information content (AvgIpc) is 2.41. The Hall–Kier alpha value is -2.47. The summed E-state index contributed by atoms with van der Waals surface area (Å²) < 4.78 is 0. The van der Waals surface area contributed by atoms with Gasteiger partial charge in [-0.1, -0.05) is 18.2 Å². The smallest absolute Gasteiger partial charge is 0.0991 e. The van der Waals surface area contributed by atoms with Gasteiger partial charge in [0, 0.05) is 13.6 Å². The summed E-state index contributed by atoms with van der Waals surface area (Å²) in [4.78, 5) is 2.10. The lowest BCUT2D eigenvalue weighted by Crippen LogP contribution is -2.18. The first-order valence-corrected chi connectivity index (χ1v) is 6.16. The first kappa shape index (κ1) is 13.0. The molecule has 0 saturated heterocycles. The summed E-state index contributed by atoms with van der Waals surface area (Å²) in [6.45, 7) is 2.77. The number of nitrogens with zero attached hydrogens (tertiary/aromatic N) is 2. The van der Waals surface area contributed by atoms with E-state index < -0.39 is 0 Å². The highest BCUT2D eigenvalue weighted by molar-refractivity contribution is 5.68. The Bertz CT molecular complexity index is 626. The first-order chi connectivity index (χ1) is 9.10. The lowest BCUT2D eigenvalue weighted by molar-refractivity contribution is 0.923. The van der Waals surface area contributed by atoms with Gasteiger partial charge in [0.25, 0.3) is 0 Å². The first-order valence-electron chi connectivity index (χ1n) is 6.16. The predicted octanol–water partition coefficient (Wildman–Crippen LogP) is 3.09. The molecule has 2 aromatic carbocycles. The summed E-state index contributed by atoms with van der Waals surface area (Å²) in [5, 5.41) is 8.91. The van der Waals surface area contributed by atoms with Gasteiger partial charge in [-0.15, -0.1) is 0 Å². The van der Waals surface area contributed by atoms with E-state index in [-0.39, 0.29) is 0 Å². The Kier molecular flexibility index (Phi) is 3.72. The van der Waals surface area contributed by atoms with Crippen molar-refractivity contribution >= 4 is 11.4 Å². The van der Waals surface area contributed by atoms with Gasteiger partial charge in [-0.05, 0) is 42.3 Å². The van der Waals surface area contributed by atoms with Gasteiger partial charge >= 0.3 is 0 Å². The van der Waals surface area contributed by atoms with Crippen molar-refractivity contribution in [1.82, 2.24) is 0 Å². The molecule has 3 heteroatoms. The molecule has 19 heavy (non-hydrogen) atoms. The maximum Gasteiger partial charge on any atom is 0.0991 e. The van der Waals surface area contributed by atoms with Crippen LogP contribution in [0.4, 0.5) is 11.4 Å².